The molecule has 7 nitrogen and oxygen atoms in total. The van der Waals surface area contributed by atoms with E-state index in [-0.39, 0.29) is 23.6 Å². The van der Waals surface area contributed by atoms with E-state index in [1.54, 1.807) is 11.0 Å². The van der Waals surface area contributed by atoms with Crippen molar-refractivity contribution in [2.24, 2.45) is 0 Å². The summed E-state index contributed by atoms with van der Waals surface area (Å²) in [6.45, 7) is 5.05. The number of piperidine rings is 1. The van der Waals surface area contributed by atoms with Crippen LogP contribution in [0.5, 0.6) is 5.75 Å². The van der Waals surface area contributed by atoms with Crippen LogP contribution in [0.1, 0.15) is 33.1 Å². The third-order valence-corrected chi connectivity index (χ3v) is 6.78. The molecule has 2 heterocycles. The number of nitrogens with zero attached hydrogens (tertiary/aromatic N) is 2. The van der Waals surface area contributed by atoms with E-state index in [4.69, 9.17) is 4.74 Å². The van der Waals surface area contributed by atoms with E-state index >= 15 is 0 Å². The molecule has 2 aliphatic heterocycles. The second-order valence-corrected chi connectivity index (χ2v) is 9.30. The Labute approximate surface area is 159 Å². The molecule has 2 fully saturated rings. The first kappa shape index (κ1) is 19.9. The van der Waals surface area contributed by atoms with Crippen LogP contribution < -0.4 is 10.1 Å². The Morgan fingerprint density at radius 2 is 2.07 bits per heavy atom. The normalized spacial score (nSPS) is 22.8. The highest BCUT2D eigenvalue weighted by Gasteiger charge is 2.37. The number of sulfonamides is 1. The summed E-state index contributed by atoms with van der Waals surface area (Å²) in [5.41, 5.74) is 0.0759. The first-order valence-corrected chi connectivity index (χ1v) is 10.9. The van der Waals surface area contributed by atoms with Crippen LogP contribution in [0.4, 0.5) is 14.9 Å². The first-order chi connectivity index (χ1) is 12.8. The van der Waals surface area contributed by atoms with Gasteiger partial charge in [0.15, 0.2) is 0 Å². The third kappa shape index (κ3) is 4.70. The molecule has 0 spiro atoms. The Hall–Kier alpha value is -1.87. The van der Waals surface area contributed by atoms with Crippen molar-refractivity contribution in [1.29, 1.82) is 0 Å². The second kappa shape index (κ2) is 8.02. The van der Waals surface area contributed by atoms with E-state index in [1.807, 2.05) is 13.8 Å². The quantitative estimate of drug-likeness (QED) is 0.844. The number of amides is 2. The average molecular weight is 399 g/mol. The molecule has 3 rings (SSSR count). The van der Waals surface area contributed by atoms with Crippen LogP contribution in [0.3, 0.4) is 0 Å². The molecule has 0 bridgehead atoms. The lowest BCUT2D eigenvalue weighted by molar-refractivity contribution is 0.163. The van der Waals surface area contributed by atoms with Crippen molar-refractivity contribution >= 4 is 21.7 Å². The fourth-order valence-corrected chi connectivity index (χ4v) is 5.34. The van der Waals surface area contributed by atoms with E-state index in [1.165, 1.54) is 16.4 Å². The van der Waals surface area contributed by atoms with Gasteiger partial charge in [0, 0.05) is 31.7 Å². The highest BCUT2D eigenvalue weighted by atomic mass is 32.2. The van der Waals surface area contributed by atoms with E-state index in [0.717, 1.165) is 6.42 Å². The van der Waals surface area contributed by atoms with Crippen molar-refractivity contribution in [2.75, 3.05) is 30.7 Å². The number of nitrogens with one attached hydrogen (secondary N) is 1. The van der Waals surface area contributed by atoms with Crippen LogP contribution in [-0.2, 0) is 10.0 Å². The number of hydrogen-bond acceptors (Lipinski definition) is 4. The van der Waals surface area contributed by atoms with Crippen molar-refractivity contribution in [3.8, 4) is 5.75 Å². The lowest BCUT2D eigenvalue weighted by Gasteiger charge is -2.36. The van der Waals surface area contributed by atoms with Gasteiger partial charge in [0.25, 0.3) is 0 Å². The average Bonchev–Trinajstić information content (AvgIpc) is 2.96. The smallest absolute Gasteiger partial charge is 0.321 e. The van der Waals surface area contributed by atoms with Crippen LogP contribution in [0, 0.1) is 5.82 Å². The van der Waals surface area contributed by atoms with Crippen LogP contribution in [0.25, 0.3) is 0 Å². The van der Waals surface area contributed by atoms with Gasteiger partial charge in [-0.3, -0.25) is 0 Å². The lowest BCUT2D eigenvalue weighted by Crippen LogP contribution is -2.51. The van der Waals surface area contributed by atoms with Gasteiger partial charge in [-0.25, -0.2) is 17.6 Å². The van der Waals surface area contributed by atoms with E-state index < -0.39 is 21.9 Å². The minimum Gasteiger partial charge on any atom is -0.491 e. The maximum atomic E-state index is 14.3. The molecule has 1 unspecified atom stereocenters. The Morgan fingerprint density at radius 3 is 2.70 bits per heavy atom. The number of carbonyl (C=O) groups is 1. The highest BCUT2D eigenvalue weighted by Crippen LogP contribution is 2.25. The predicted octanol–water partition coefficient (Wildman–Crippen LogP) is 2.64. The standard InChI is InChI=1S/C18H26FN3O4S/c1-13(2)26-15-6-7-17(16(19)11-15)20-18(23)21-8-3-5-14(12-21)22-9-4-10-27(22,24)25/h6-7,11,13-14H,3-5,8-10,12H2,1-2H3,(H,20,23). The Bertz CT molecular complexity index is 800. The zero-order valence-corrected chi connectivity index (χ0v) is 16.5. The summed E-state index contributed by atoms with van der Waals surface area (Å²) in [4.78, 5) is 14.1. The molecule has 2 saturated heterocycles. The summed E-state index contributed by atoms with van der Waals surface area (Å²) >= 11 is 0. The second-order valence-electron chi connectivity index (χ2n) is 7.26. The molecular weight excluding hydrogens is 373 g/mol. The molecule has 2 aliphatic rings. The number of ether oxygens (including phenoxy) is 1. The molecule has 0 radical (unpaired) electrons. The Kier molecular flexibility index (Phi) is 5.90. The number of benzene rings is 1. The van der Waals surface area contributed by atoms with Crippen LogP contribution in [0.15, 0.2) is 18.2 Å². The van der Waals surface area contributed by atoms with Gasteiger partial charge in [0.05, 0.1) is 17.5 Å². The minimum absolute atomic E-state index is 0.0722. The summed E-state index contributed by atoms with van der Waals surface area (Å²) in [5, 5.41) is 2.58. The number of rotatable bonds is 4. The van der Waals surface area contributed by atoms with Gasteiger partial charge in [0.2, 0.25) is 10.0 Å². The van der Waals surface area contributed by atoms with Crippen LogP contribution in [0.2, 0.25) is 0 Å². The number of halogens is 1. The number of likely N-dealkylation sites (tertiary alicyclic amines) is 1. The van der Waals surface area contributed by atoms with Crippen molar-refractivity contribution in [1.82, 2.24) is 9.21 Å². The van der Waals surface area contributed by atoms with Gasteiger partial charge in [0.1, 0.15) is 11.6 Å². The number of carbonyl (C=O) groups excluding carboxylic acids is 1. The fourth-order valence-electron chi connectivity index (χ4n) is 3.58. The SMILES string of the molecule is CC(C)Oc1ccc(NC(=O)N2CCCC(N3CCCS3(=O)=O)C2)c(F)c1. The molecule has 150 valence electrons. The summed E-state index contributed by atoms with van der Waals surface area (Å²) in [5.74, 6) is 0.000989. The maximum absolute atomic E-state index is 14.3. The molecule has 27 heavy (non-hydrogen) atoms. The molecule has 2 amide bonds. The fraction of sp³-hybridized carbons (Fsp3) is 0.611. The summed E-state index contributed by atoms with van der Waals surface area (Å²) in [6, 6.07) is 3.69. The minimum atomic E-state index is -3.22. The summed E-state index contributed by atoms with van der Waals surface area (Å²) in [6.07, 6.45) is 2.00. The number of hydrogen-bond donors (Lipinski definition) is 1. The zero-order chi connectivity index (χ0) is 19.6. The van der Waals surface area contributed by atoms with E-state index in [9.17, 15) is 17.6 Å². The molecule has 0 saturated carbocycles. The summed E-state index contributed by atoms with van der Waals surface area (Å²) < 4.78 is 45.5. The van der Waals surface area contributed by atoms with Crippen molar-refractivity contribution in [3.05, 3.63) is 24.0 Å². The van der Waals surface area contributed by atoms with Gasteiger partial charge in [-0.05, 0) is 45.2 Å². The summed E-state index contributed by atoms with van der Waals surface area (Å²) in [7, 11) is -3.22. The molecule has 1 aromatic rings. The maximum Gasteiger partial charge on any atom is 0.321 e. The number of anilines is 1. The lowest BCUT2D eigenvalue weighted by atomic mass is 10.1. The van der Waals surface area contributed by atoms with Crippen molar-refractivity contribution < 1.29 is 22.3 Å². The van der Waals surface area contributed by atoms with E-state index in [0.29, 0.717) is 38.2 Å². The van der Waals surface area contributed by atoms with Gasteiger partial charge >= 0.3 is 6.03 Å². The number of urea groups is 1. The Balaban J connectivity index is 1.64. The van der Waals surface area contributed by atoms with Gasteiger partial charge in [-0.1, -0.05) is 0 Å². The molecule has 0 aromatic heterocycles. The van der Waals surface area contributed by atoms with Gasteiger partial charge < -0.3 is 15.0 Å². The largest absolute Gasteiger partial charge is 0.491 e. The topological polar surface area (TPSA) is 79.0 Å². The Morgan fingerprint density at radius 1 is 1.30 bits per heavy atom. The third-order valence-electron chi connectivity index (χ3n) is 4.78. The highest BCUT2D eigenvalue weighted by molar-refractivity contribution is 7.89. The van der Waals surface area contributed by atoms with E-state index in [2.05, 4.69) is 5.32 Å². The van der Waals surface area contributed by atoms with Gasteiger partial charge in [-0.15, -0.1) is 0 Å². The molecule has 9 heteroatoms. The zero-order valence-electron chi connectivity index (χ0n) is 15.7. The molecule has 1 atom stereocenters. The van der Waals surface area contributed by atoms with Gasteiger partial charge in [-0.2, -0.15) is 4.31 Å². The first-order valence-electron chi connectivity index (χ1n) is 9.28. The van der Waals surface area contributed by atoms with Crippen molar-refractivity contribution in [3.63, 3.8) is 0 Å². The monoisotopic (exact) mass is 399 g/mol. The van der Waals surface area contributed by atoms with Crippen LogP contribution >= 0.6 is 0 Å². The molecule has 1 aromatic carbocycles. The molecule has 0 aliphatic carbocycles. The predicted molar refractivity (Wildman–Crippen MR) is 101 cm³/mol. The van der Waals surface area contributed by atoms with Crippen molar-refractivity contribution in [2.45, 2.75) is 45.3 Å². The molecule has 1 N–H and O–H groups in total. The van der Waals surface area contributed by atoms with Crippen LogP contribution in [-0.4, -0.2) is 61.2 Å². The molecular formula is C18H26FN3O4S.